The fourth-order valence-electron chi connectivity index (χ4n) is 8.65. The number of rotatable bonds is 5. The molecular weight excluding hydrogens is 630 g/mol. The van der Waals surface area contributed by atoms with Gasteiger partial charge in [0.15, 0.2) is 28.8 Å². The van der Waals surface area contributed by atoms with E-state index in [1.807, 2.05) is 12.1 Å². The van der Waals surface area contributed by atoms with Gasteiger partial charge in [-0.3, -0.25) is 28.9 Å². The van der Waals surface area contributed by atoms with Gasteiger partial charge in [0, 0.05) is 23.0 Å². The third-order valence-electron chi connectivity index (χ3n) is 11.2. The second kappa shape index (κ2) is 11.4. The van der Waals surface area contributed by atoms with Crippen molar-refractivity contribution in [3.8, 4) is 11.5 Å². The van der Waals surface area contributed by atoms with Crippen molar-refractivity contribution in [1.82, 2.24) is 0 Å². The number of phenolic OH excluding ortho intramolecular Hbond substituents is 1. The molecule has 48 heavy (non-hydrogen) atoms. The summed E-state index contributed by atoms with van der Waals surface area (Å²) in [6.07, 6.45) is 2.47. The Morgan fingerprint density at radius 2 is 1.58 bits per heavy atom. The summed E-state index contributed by atoms with van der Waals surface area (Å²) < 4.78 is 5.42. The van der Waals surface area contributed by atoms with E-state index in [-0.39, 0.29) is 58.5 Å². The van der Waals surface area contributed by atoms with E-state index in [4.69, 9.17) is 16.3 Å². The average Bonchev–Trinajstić information content (AvgIpc) is 3.36. The Morgan fingerprint density at radius 1 is 0.917 bits per heavy atom. The zero-order valence-electron chi connectivity index (χ0n) is 27.0. The molecule has 1 saturated carbocycles. The number of halogens is 1. The van der Waals surface area contributed by atoms with Crippen molar-refractivity contribution < 1.29 is 33.8 Å². The molecule has 3 aromatic rings. The van der Waals surface area contributed by atoms with Crippen LogP contribution in [0.4, 0.5) is 5.69 Å². The van der Waals surface area contributed by atoms with Crippen molar-refractivity contribution in [3.05, 3.63) is 111 Å². The number of benzene rings is 3. The Bertz CT molecular complexity index is 2000. The predicted molar refractivity (Wildman–Crippen MR) is 179 cm³/mol. The van der Waals surface area contributed by atoms with Crippen LogP contribution < -0.4 is 9.64 Å². The SMILES string of the molecule is COc1cc([C@H]2C3=CC[C@@H]4C(=O)N(c5ccc(C(=O)c6ccccc6)cc5)C(=O)[C@@H]4[C@@H]3C[C@H]3C(=O)C(C)=C(C)C(=O)[C@@]23C)cc(Cl)c1O. The molecule has 2 fully saturated rings. The molecule has 3 aromatic carbocycles. The molecule has 6 atom stereocenters. The van der Waals surface area contributed by atoms with Crippen molar-refractivity contribution in [1.29, 1.82) is 0 Å². The van der Waals surface area contributed by atoms with Crippen molar-refractivity contribution >= 4 is 46.5 Å². The Morgan fingerprint density at radius 3 is 2.25 bits per heavy atom. The van der Waals surface area contributed by atoms with E-state index in [9.17, 15) is 29.1 Å². The summed E-state index contributed by atoms with van der Waals surface area (Å²) >= 11 is 6.48. The smallest absolute Gasteiger partial charge is 0.238 e. The Balaban J connectivity index is 1.30. The number of aromatic hydroxyl groups is 1. The van der Waals surface area contributed by atoms with Gasteiger partial charge in [-0.1, -0.05) is 60.5 Å². The maximum atomic E-state index is 14.4. The number of carbonyl (C=O) groups is 5. The highest BCUT2D eigenvalue weighted by Gasteiger charge is 2.64. The number of ketones is 3. The van der Waals surface area contributed by atoms with Gasteiger partial charge in [-0.15, -0.1) is 0 Å². The largest absolute Gasteiger partial charge is 0.503 e. The van der Waals surface area contributed by atoms with Crippen LogP contribution in [0, 0.1) is 29.1 Å². The maximum Gasteiger partial charge on any atom is 0.238 e. The number of imide groups is 1. The number of methoxy groups -OCH3 is 1. The molecule has 244 valence electrons. The lowest BCUT2D eigenvalue weighted by molar-refractivity contribution is -0.142. The lowest BCUT2D eigenvalue weighted by Crippen LogP contribution is -2.55. The first-order chi connectivity index (χ1) is 22.9. The highest BCUT2D eigenvalue weighted by molar-refractivity contribution is 6.32. The number of hydrogen-bond acceptors (Lipinski definition) is 7. The van der Waals surface area contributed by atoms with Crippen molar-refractivity contribution in [3.63, 3.8) is 0 Å². The lowest BCUT2D eigenvalue weighted by atomic mass is 9.46. The summed E-state index contributed by atoms with van der Waals surface area (Å²) in [4.78, 5) is 70.8. The zero-order valence-corrected chi connectivity index (χ0v) is 27.7. The van der Waals surface area contributed by atoms with Gasteiger partial charge < -0.3 is 9.84 Å². The van der Waals surface area contributed by atoms with Crippen LogP contribution in [0.5, 0.6) is 11.5 Å². The van der Waals surface area contributed by atoms with Crippen LogP contribution in [-0.2, 0) is 19.2 Å². The summed E-state index contributed by atoms with van der Waals surface area (Å²) in [5, 5.41) is 10.6. The van der Waals surface area contributed by atoms with Crippen LogP contribution in [-0.4, -0.2) is 41.4 Å². The average molecular weight is 664 g/mol. The maximum absolute atomic E-state index is 14.4. The monoisotopic (exact) mass is 663 g/mol. The third kappa shape index (κ3) is 4.45. The summed E-state index contributed by atoms with van der Waals surface area (Å²) in [5.74, 6) is -4.62. The number of anilines is 1. The predicted octanol–water partition coefficient (Wildman–Crippen LogP) is 6.64. The van der Waals surface area contributed by atoms with Gasteiger partial charge >= 0.3 is 0 Å². The summed E-state index contributed by atoms with van der Waals surface area (Å²) in [6, 6.07) is 18.5. The van der Waals surface area contributed by atoms with E-state index in [1.54, 1.807) is 81.4 Å². The number of ether oxygens (including phenoxy) is 1. The van der Waals surface area contributed by atoms with Crippen molar-refractivity contribution in [2.75, 3.05) is 12.0 Å². The third-order valence-corrected chi connectivity index (χ3v) is 11.5. The van der Waals surface area contributed by atoms with Gasteiger partial charge in [0.05, 0.1) is 35.1 Å². The van der Waals surface area contributed by atoms with E-state index in [1.165, 1.54) is 12.0 Å². The Labute approximate surface area is 283 Å². The molecule has 9 heteroatoms. The summed E-state index contributed by atoms with van der Waals surface area (Å²) in [7, 11) is 1.40. The molecule has 0 aromatic heterocycles. The summed E-state index contributed by atoms with van der Waals surface area (Å²) in [5.41, 5.74) is 2.33. The standard InChI is InChI=1S/C39H34ClNO7/c1-19-20(2)36(45)39(3)28(33(19)42)18-27-25(32(39)23-16-29(40)35(44)30(17-23)48-4)14-15-26-31(27)38(47)41(37(26)46)24-12-10-22(11-13-24)34(43)21-8-6-5-7-9-21/h5-14,16-17,26-28,31-32,44H,15,18H2,1-4H3/t26-,27+,28-,31-,32-,39+/m0/s1. The first-order valence-electron chi connectivity index (χ1n) is 16.0. The molecule has 1 saturated heterocycles. The fourth-order valence-corrected chi connectivity index (χ4v) is 8.87. The van der Waals surface area contributed by atoms with E-state index in [0.29, 0.717) is 33.5 Å². The molecule has 3 aliphatic carbocycles. The highest BCUT2D eigenvalue weighted by Crippen LogP contribution is 2.63. The van der Waals surface area contributed by atoms with Gasteiger partial charge in [-0.05, 0) is 85.7 Å². The van der Waals surface area contributed by atoms with Gasteiger partial charge in [-0.25, -0.2) is 0 Å². The number of phenols is 1. The molecular formula is C39H34ClNO7. The molecule has 0 bridgehead atoms. The minimum absolute atomic E-state index is 0.0337. The molecule has 0 radical (unpaired) electrons. The quantitative estimate of drug-likeness (QED) is 0.185. The molecule has 1 aliphatic heterocycles. The van der Waals surface area contributed by atoms with E-state index in [0.717, 1.165) is 5.57 Å². The number of amides is 2. The second-order valence-electron chi connectivity index (χ2n) is 13.4. The minimum Gasteiger partial charge on any atom is -0.503 e. The van der Waals surface area contributed by atoms with Crippen molar-refractivity contribution in [2.24, 2.45) is 29.1 Å². The molecule has 1 heterocycles. The van der Waals surface area contributed by atoms with Gasteiger partial charge in [0.25, 0.3) is 0 Å². The van der Waals surface area contributed by atoms with E-state index < -0.39 is 35.0 Å². The molecule has 4 aliphatic rings. The molecule has 2 amide bonds. The topological polar surface area (TPSA) is 118 Å². The molecule has 7 rings (SSSR count). The molecule has 8 nitrogen and oxygen atoms in total. The number of Topliss-reactive ketones (excluding diaryl/α,β-unsaturated/α-hetero) is 2. The second-order valence-corrected chi connectivity index (χ2v) is 13.8. The van der Waals surface area contributed by atoms with Crippen LogP contribution in [0.3, 0.4) is 0 Å². The highest BCUT2D eigenvalue weighted by atomic mass is 35.5. The van der Waals surface area contributed by atoms with Gasteiger partial charge in [0.1, 0.15) is 0 Å². The number of carbonyl (C=O) groups excluding carboxylic acids is 5. The lowest BCUT2D eigenvalue weighted by Gasteiger charge is -2.54. The number of hydrogen-bond donors (Lipinski definition) is 1. The normalized spacial score (nSPS) is 28.1. The Hall–Kier alpha value is -4.82. The van der Waals surface area contributed by atoms with E-state index in [2.05, 4.69) is 0 Å². The van der Waals surface area contributed by atoms with Crippen LogP contribution in [0.1, 0.15) is 61.0 Å². The summed E-state index contributed by atoms with van der Waals surface area (Å²) in [6.45, 7) is 5.14. The van der Waals surface area contributed by atoms with Gasteiger partial charge in [-0.2, -0.15) is 0 Å². The first kappa shape index (κ1) is 31.8. The number of allylic oxidation sites excluding steroid dienone is 4. The van der Waals surface area contributed by atoms with Gasteiger partial charge in [0.2, 0.25) is 11.8 Å². The van der Waals surface area contributed by atoms with Crippen LogP contribution in [0.15, 0.2) is 89.5 Å². The fraction of sp³-hybridized carbons (Fsp3) is 0.308. The van der Waals surface area contributed by atoms with Crippen LogP contribution >= 0.6 is 11.6 Å². The minimum atomic E-state index is -1.20. The van der Waals surface area contributed by atoms with E-state index >= 15 is 0 Å². The Kier molecular flexibility index (Phi) is 7.55. The van der Waals surface area contributed by atoms with Crippen molar-refractivity contribution in [2.45, 2.75) is 39.5 Å². The number of fused-ring (bicyclic) bond motifs is 4. The molecule has 0 unspecified atom stereocenters. The van der Waals surface area contributed by atoms with Crippen LogP contribution in [0.25, 0.3) is 0 Å². The molecule has 1 N–H and O–H groups in total. The molecule has 0 spiro atoms. The zero-order chi connectivity index (χ0) is 34.2. The van der Waals surface area contributed by atoms with Crippen LogP contribution in [0.2, 0.25) is 5.02 Å². The first-order valence-corrected chi connectivity index (χ1v) is 16.4. The number of nitrogens with zero attached hydrogens (tertiary/aromatic N) is 1.